The number of nitrogens with zero attached hydrogens (tertiary/aromatic N) is 4. The van der Waals surface area contributed by atoms with Crippen LogP contribution in [0, 0.1) is 0 Å². The molecule has 6 nitrogen and oxygen atoms in total. The third-order valence-corrected chi connectivity index (χ3v) is 3.81. The highest BCUT2D eigenvalue weighted by Gasteiger charge is 2.14. The SMILES string of the molecule is CCc1nn(C)c(NCCN2CCN(C)CC2)c1N. The molecule has 2 rings (SSSR count). The lowest BCUT2D eigenvalue weighted by molar-refractivity contribution is 0.158. The van der Waals surface area contributed by atoms with Crippen molar-refractivity contribution in [2.24, 2.45) is 7.05 Å². The Bertz CT molecular complexity index is 406. The van der Waals surface area contributed by atoms with Crippen LogP contribution in [0.25, 0.3) is 0 Å². The molecule has 1 aromatic rings. The number of aryl methyl sites for hydroxylation is 2. The zero-order chi connectivity index (χ0) is 13.8. The molecule has 0 saturated carbocycles. The molecule has 0 aromatic carbocycles. The summed E-state index contributed by atoms with van der Waals surface area (Å²) in [6.45, 7) is 8.67. The van der Waals surface area contributed by atoms with E-state index in [1.54, 1.807) is 0 Å². The van der Waals surface area contributed by atoms with Gasteiger partial charge in [-0.25, -0.2) is 0 Å². The molecule has 3 N–H and O–H groups in total. The second-order valence-electron chi connectivity index (χ2n) is 5.26. The molecule has 1 aliphatic rings. The first-order valence-corrected chi connectivity index (χ1v) is 7.08. The third kappa shape index (κ3) is 3.39. The van der Waals surface area contributed by atoms with E-state index in [0.717, 1.165) is 62.9 Å². The van der Waals surface area contributed by atoms with Gasteiger partial charge in [-0.1, -0.05) is 6.92 Å². The van der Waals surface area contributed by atoms with Crippen LogP contribution < -0.4 is 11.1 Å². The van der Waals surface area contributed by atoms with Crippen LogP contribution >= 0.6 is 0 Å². The summed E-state index contributed by atoms with van der Waals surface area (Å²) in [6.07, 6.45) is 0.875. The zero-order valence-corrected chi connectivity index (χ0v) is 12.3. The van der Waals surface area contributed by atoms with Crippen molar-refractivity contribution in [3.8, 4) is 0 Å². The summed E-state index contributed by atoms with van der Waals surface area (Å²) in [6, 6.07) is 0. The van der Waals surface area contributed by atoms with E-state index in [1.165, 1.54) is 0 Å². The minimum absolute atomic E-state index is 0.795. The van der Waals surface area contributed by atoms with Crippen molar-refractivity contribution >= 4 is 11.5 Å². The van der Waals surface area contributed by atoms with Gasteiger partial charge in [0.1, 0.15) is 5.82 Å². The number of nitrogen functional groups attached to an aromatic ring is 1. The molecule has 0 atom stereocenters. The molecule has 0 unspecified atom stereocenters. The van der Waals surface area contributed by atoms with Gasteiger partial charge in [-0.15, -0.1) is 0 Å². The van der Waals surface area contributed by atoms with Crippen LogP contribution in [0.15, 0.2) is 0 Å². The predicted molar refractivity (Wildman–Crippen MR) is 79.4 cm³/mol. The average Bonchev–Trinajstić information content (AvgIpc) is 2.68. The normalized spacial score (nSPS) is 17.8. The first kappa shape index (κ1) is 14.1. The number of likely N-dealkylation sites (N-methyl/N-ethyl adjacent to an activating group) is 1. The fourth-order valence-corrected chi connectivity index (χ4v) is 2.47. The number of hydrogen-bond acceptors (Lipinski definition) is 5. The number of hydrogen-bond donors (Lipinski definition) is 2. The maximum atomic E-state index is 6.09. The summed E-state index contributed by atoms with van der Waals surface area (Å²) in [5, 5.41) is 7.83. The van der Waals surface area contributed by atoms with E-state index in [0.29, 0.717) is 0 Å². The molecule has 0 radical (unpaired) electrons. The van der Waals surface area contributed by atoms with Crippen molar-refractivity contribution < 1.29 is 0 Å². The van der Waals surface area contributed by atoms with Gasteiger partial charge in [0.15, 0.2) is 0 Å². The van der Waals surface area contributed by atoms with Crippen molar-refractivity contribution in [2.75, 3.05) is 57.4 Å². The van der Waals surface area contributed by atoms with Crippen molar-refractivity contribution in [2.45, 2.75) is 13.3 Å². The highest BCUT2D eigenvalue weighted by molar-refractivity contribution is 5.64. The van der Waals surface area contributed by atoms with Gasteiger partial charge in [-0.3, -0.25) is 9.58 Å². The lowest BCUT2D eigenvalue weighted by atomic mass is 10.3. The van der Waals surface area contributed by atoms with E-state index in [1.807, 2.05) is 11.7 Å². The Balaban J connectivity index is 1.81. The largest absolute Gasteiger partial charge is 0.394 e. The van der Waals surface area contributed by atoms with Crippen LogP contribution in [0.3, 0.4) is 0 Å². The summed E-state index contributed by atoms with van der Waals surface area (Å²) in [5.74, 6) is 0.950. The Hall–Kier alpha value is -1.27. The maximum Gasteiger partial charge on any atom is 0.147 e. The standard InChI is InChI=1S/C13H26N6/c1-4-11-12(14)13(18(3)16-11)15-5-6-19-9-7-17(2)8-10-19/h15H,4-10,14H2,1-3H3. The van der Waals surface area contributed by atoms with Gasteiger partial charge in [-0.2, -0.15) is 5.10 Å². The van der Waals surface area contributed by atoms with E-state index >= 15 is 0 Å². The predicted octanol–water partition coefficient (Wildman–Crippen LogP) is 0.224. The smallest absolute Gasteiger partial charge is 0.147 e. The summed E-state index contributed by atoms with van der Waals surface area (Å²) in [7, 11) is 4.12. The second-order valence-corrected chi connectivity index (χ2v) is 5.26. The first-order chi connectivity index (χ1) is 9.11. The number of nitrogens with one attached hydrogen (secondary N) is 1. The van der Waals surface area contributed by atoms with E-state index in [-0.39, 0.29) is 0 Å². The van der Waals surface area contributed by atoms with Crippen LogP contribution in [0.1, 0.15) is 12.6 Å². The molecule has 2 heterocycles. The summed E-state index contributed by atoms with van der Waals surface area (Å²) < 4.78 is 1.85. The van der Waals surface area contributed by atoms with Crippen LogP contribution in [-0.4, -0.2) is 65.9 Å². The quantitative estimate of drug-likeness (QED) is 0.798. The highest BCUT2D eigenvalue weighted by Crippen LogP contribution is 2.21. The van der Waals surface area contributed by atoms with Gasteiger partial charge in [0.2, 0.25) is 0 Å². The lowest BCUT2D eigenvalue weighted by Gasteiger charge is -2.32. The molecular formula is C13H26N6. The van der Waals surface area contributed by atoms with E-state index in [2.05, 4.69) is 34.2 Å². The van der Waals surface area contributed by atoms with E-state index in [9.17, 15) is 0 Å². The van der Waals surface area contributed by atoms with Crippen LogP contribution in [-0.2, 0) is 13.5 Å². The zero-order valence-electron chi connectivity index (χ0n) is 12.3. The highest BCUT2D eigenvalue weighted by atomic mass is 15.3. The van der Waals surface area contributed by atoms with Gasteiger partial charge in [0.05, 0.1) is 11.4 Å². The third-order valence-electron chi connectivity index (χ3n) is 3.81. The van der Waals surface area contributed by atoms with Gasteiger partial charge < -0.3 is 16.0 Å². The molecule has 0 spiro atoms. The first-order valence-electron chi connectivity index (χ1n) is 7.08. The van der Waals surface area contributed by atoms with Crippen molar-refractivity contribution in [3.05, 3.63) is 5.69 Å². The van der Waals surface area contributed by atoms with E-state index < -0.39 is 0 Å². The number of piperazine rings is 1. The van der Waals surface area contributed by atoms with Crippen LogP contribution in [0.2, 0.25) is 0 Å². The maximum absolute atomic E-state index is 6.09. The summed E-state index contributed by atoms with van der Waals surface area (Å²) >= 11 is 0. The molecule has 6 heteroatoms. The Morgan fingerprint density at radius 1 is 1.21 bits per heavy atom. The van der Waals surface area contributed by atoms with Gasteiger partial charge in [-0.05, 0) is 13.5 Å². The average molecular weight is 266 g/mol. The molecule has 0 amide bonds. The molecular weight excluding hydrogens is 240 g/mol. The fraction of sp³-hybridized carbons (Fsp3) is 0.769. The Morgan fingerprint density at radius 3 is 2.47 bits per heavy atom. The molecule has 1 saturated heterocycles. The molecule has 108 valence electrons. The van der Waals surface area contributed by atoms with Gasteiger partial charge >= 0.3 is 0 Å². The van der Waals surface area contributed by atoms with Gasteiger partial charge in [0.25, 0.3) is 0 Å². The molecule has 1 fully saturated rings. The molecule has 0 bridgehead atoms. The van der Waals surface area contributed by atoms with Crippen LogP contribution in [0.5, 0.6) is 0 Å². The molecule has 1 aliphatic heterocycles. The monoisotopic (exact) mass is 266 g/mol. The minimum atomic E-state index is 0.795. The number of nitrogens with two attached hydrogens (primary N) is 1. The Morgan fingerprint density at radius 2 is 1.89 bits per heavy atom. The number of aromatic nitrogens is 2. The van der Waals surface area contributed by atoms with Crippen molar-refractivity contribution in [1.82, 2.24) is 19.6 Å². The van der Waals surface area contributed by atoms with Crippen molar-refractivity contribution in [3.63, 3.8) is 0 Å². The Labute approximate surface area is 115 Å². The summed E-state index contributed by atoms with van der Waals surface area (Å²) in [5.41, 5.74) is 7.86. The van der Waals surface area contributed by atoms with Crippen LogP contribution in [0.4, 0.5) is 11.5 Å². The second kappa shape index (κ2) is 6.25. The topological polar surface area (TPSA) is 62.4 Å². The minimum Gasteiger partial charge on any atom is -0.394 e. The molecule has 19 heavy (non-hydrogen) atoms. The number of rotatable bonds is 5. The van der Waals surface area contributed by atoms with E-state index in [4.69, 9.17) is 5.73 Å². The fourth-order valence-electron chi connectivity index (χ4n) is 2.47. The Kier molecular flexibility index (Phi) is 4.66. The molecule has 1 aromatic heterocycles. The number of anilines is 2. The van der Waals surface area contributed by atoms with Crippen molar-refractivity contribution in [1.29, 1.82) is 0 Å². The molecule has 0 aliphatic carbocycles. The van der Waals surface area contributed by atoms with Gasteiger partial charge in [0, 0.05) is 46.3 Å². The lowest BCUT2D eigenvalue weighted by Crippen LogP contribution is -2.45. The summed E-state index contributed by atoms with van der Waals surface area (Å²) in [4.78, 5) is 4.86.